The number of fused-ring (bicyclic) bond motifs is 1. The Kier molecular flexibility index (Phi) is 3.85. The Morgan fingerprint density at radius 3 is 2.18 bits per heavy atom. The molecule has 0 unspecified atom stereocenters. The SMILES string of the molecule is C=Cc1c(C)cc(-c2ccccc2C(C)C)c2ccccc12. The van der Waals surface area contributed by atoms with E-state index in [1.54, 1.807) is 0 Å². The van der Waals surface area contributed by atoms with E-state index in [2.05, 4.69) is 81.9 Å². The van der Waals surface area contributed by atoms with Crippen LogP contribution < -0.4 is 0 Å². The fourth-order valence-corrected chi connectivity index (χ4v) is 3.28. The number of benzene rings is 3. The van der Waals surface area contributed by atoms with Crippen LogP contribution in [0.15, 0.2) is 61.2 Å². The quantitative estimate of drug-likeness (QED) is 0.510. The molecule has 0 aliphatic rings. The standard InChI is InChI=1S/C22H22/c1-5-17-16(4)14-22(21-13-9-8-11-19(17)21)20-12-7-6-10-18(20)15(2)3/h5-15H,1H2,2-4H3. The first-order chi connectivity index (χ1) is 10.6. The molecule has 0 atom stereocenters. The summed E-state index contributed by atoms with van der Waals surface area (Å²) in [5, 5.41) is 2.59. The van der Waals surface area contributed by atoms with Crippen LogP contribution in [0, 0.1) is 6.92 Å². The summed E-state index contributed by atoms with van der Waals surface area (Å²) in [6.45, 7) is 10.7. The third-order valence-corrected chi connectivity index (χ3v) is 4.37. The van der Waals surface area contributed by atoms with E-state index < -0.39 is 0 Å². The number of hydrogen-bond donors (Lipinski definition) is 0. The van der Waals surface area contributed by atoms with E-state index in [0.29, 0.717) is 5.92 Å². The van der Waals surface area contributed by atoms with Gasteiger partial charge in [-0.2, -0.15) is 0 Å². The molecule has 0 spiro atoms. The minimum absolute atomic E-state index is 0.509. The molecule has 0 nitrogen and oxygen atoms in total. The van der Waals surface area contributed by atoms with Crippen molar-refractivity contribution in [1.29, 1.82) is 0 Å². The van der Waals surface area contributed by atoms with Crippen LogP contribution in [-0.2, 0) is 0 Å². The van der Waals surface area contributed by atoms with Gasteiger partial charge in [0.05, 0.1) is 0 Å². The van der Waals surface area contributed by atoms with Gasteiger partial charge in [0.15, 0.2) is 0 Å². The van der Waals surface area contributed by atoms with Crippen LogP contribution in [0.5, 0.6) is 0 Å². The molecule has 0 aliphatic carbocycles. The second-order valence-electron chi connectivity index (χ2n) is 6.15. The van der Waals surface area contributed by atoms with Crippen molar-refractivity contribution < 1.29 is 0 Å². The smallest absolute Gasteiger partial charge is 0.00991 e. The van der Waals surface area contributed by atoms with E-state index in [0.717, 1.165) is 0 Å². The van der Waals surface area contributed by atoms with Crippen molar-refractivity contribution in [3.63, 3.8) is 0 Å². The molecule has 0 heteroatoms. The average molecular weight is 286 g/mol. The highest BCUT2D eigenvalue weighted by Gasteiger charge is 2.13. The topological polar surface area (TPSA) is 0 Å². The molecule has 3 aromatic carbocycles. The predicted octanol–water partition coefficient (Wildman–Crippen LogP) is 6.58. The lowest BCUT2D eigenvalue weighted by Gasteiger charge is -2.17. The van der Waals surface area contributed by atoms with Gasteiger partial charge in [0.2, 0.25) is 0 Å². The molecule has 110 valence electrons. The van der Waals surface area contributed by atoms with Gasteiger partial charge in [0.25, 0.3) is 0 Å². The molecule has 0 aromatic heterocycles. The molecular weight excluding hydrogens is 264 g/mol. The van der Waals surface area contributed by atoms with Crippen LogP contribution in [0.4, 0.5) is 0 Å². The summed E-state index contributed by atoms with van der Waals surface area (Å²) in [5.74, 6) is 0.509. The summed E-state index contributed by atoms with van der Waals surface area (Å²) < 4.78 is 0. The summed E-state index contributed by atoms with van der Waals surface area (Å²) in [7, 11) is 0. The van der Waals surface area contributed by atoms with E-state index in [1.165, 1.54) is 38.6 Å². The molecule has 22 heavy (non-hydrogen) atoms. The molecule has 3 rings (SSSR count). The second-order valence-corrected chi connectivity index (χ2v) is 6.15. The fourth-order valence-electron chi connectivity index (χ4n) is 3.28. The van der Waals surface area contributed by atoms with E-state index in [9.17, 15) is 0 Å². The summed E-state index contributed by atoms with van der Waals surface area (Å²) in [4.78, 5) is 0. The summed E-state index contributed by atoms with van der Waals surface area (Å²) in [6.07, 6.45) is 1.97. The summed E-state index contributed by atoms with van der Waals surface area (Å²) in [5.41, 5.74) is 6.58. The largest absolute Gasteiger partial charge is 0.0984 e. The van der Waals surface area contributed by atoms with Gasteiger partial charge in [0.1, 0.15) is 0 Å². The van der Waals surface area contributed by atoms with Gasteiger partial charge in [0, 0.05) is 0 Å². The van der Waals surface area contributed by atoms with Gasteiger partial charge < -0.3 is 0 Å². The molecule has 3 aromatic rings. The lowest BCUT2D eigenvalue weighted by atomic mass is 9.87. The summed E-state index contributed by atoms with van der Waals surface area (Å²) in [6, 6.07) is 19.7. The van der Waals surface area contributed by atoms with Gasteiger partial charge in [-0.05, 0) is 51.4 Å². The maximum atomic E-state index is 3.99. The first-order valence-corrected chi connectivity index (χ1v) is 7.87. The van der Waals surface area contributed by atoms with Crippen LogP contribution in [0.1, 0.15) is 36.5 Å². The molecule has 0 bridgehead atoms. The number of aryl methyl sites for hydroxylation is 1. The lowest BCUT2D eigenvalue weighted by Crippen LogP contribution is -1.95. The first-order valence-electron chi connectivity index (χ1n) is 7.87. The molecule has 0 radical (unpaired) electrons. The van der Waals surface area contributed by atoms with Gasteiger partial charge in [-0.1, -0.05) is 81.1 Å². The van der Waals surface area contributed by atoms with Gasteiger partial charge in [-0.3, -0.25) is 0 Å². The Bertz CT molecular complexity index is 838. The first kappa shape index (κ1) is 14.6. The zero-order valence-corrected chi connectivity index (χ0v) is 13.6. The molecule has 0 N–H and O–H groups in total. The fraction of sp³-hybridized carbons (Fsp3) is 0.182. The van der Waals surface area contributed by atoms with Crippen LogP contribution in [-0.4, -0.2) is 0 Å². The monoisotopic (exact) mass is 286 g/mol. The molecular formula is C22H22. The molecule has 0 amide bonds. The second kappa shape index (κ2) is 5.81. The Morgan fingerprint density at radius 1 is 0.864 bits per heavy atom. The molecule has 0 saturated carbocycles. The maximum Gasteiger partial charge on any atom is -0.00991 e. The van der Waals surface area contributed by atoms with Crippen LogP contribution in [0.25, 0.3) is 28.0 Å². The Morgan fingerprint density at radius 2 is 1.50 bits per heavy atom. The average Bonchev–Trinajstić information content (AvgIpc) is 2.54. The predicted molar refractivity (Wildman–Crippen MR) is 98.3 cm³/mol. The highest BCUT2D eigenvalue weighted by atomic mass is 14.2. The normalized spacial score (nSPS) is 11.1. The zero-order chi connectivity index (χ0) is 15.7. The molecule has 0 heterocycles. The highest BCUT2D eigenvalue weighted by molar-refractivity contribution is 6.02. The van der Waals surface area contributed by atoms with Gasteiger partial charge >= 0.3 is 0 Å². The maximum absolute atomic E-state index is 3.99. The van der Waals surface area contributed by atoms with E-state index in [-0.39, 0.29) is 0 Å². The Hall–Kier alpha value is -2.34. The third kappa shape index (κ3) is 2.35. The van der Waals surface area contributed by atoms with E-state index in [4.69, 9.17) is 0 Å². The van der Waals surface area contributed by atoms with Crippen molar-refractivity contribution in [2.24, 2.45) is 0 Å². The van der Waals surface area contributed by atoms with Crippen LogP contribution in [0.3, 0.4) is 0 Å². The Labute approximate surface area is 133 Å². The van der Waals surface area contributed by atoms with Crippen molar-refractivity contribution >= 4 is 16.8 Å². The molecule has 0 aliphatic heterocycles. The van der Waals surface area contributed by atoms with Crippen molar-refractivity contribution in [2.45, 2.75) is 26.7 Å². The van der Waals surface area contributed by atoms with Gasteiger partial charge in [-0.15, -0.1) is 0 Å². The Balaban J connectivity index is 2.41. The van der Waals surface area contributed by atoms with Crippen LogP contribution in [0.2, 0.25) is 0 Å². The van der Waals surface area contributed by atoms with Crippen LogP contribution >= 0.6 is 0 Å². The highest BCUT2D eigenvalue weighted by Crippen LogP contribution is 2.37. The minimum Gasteiger partial charge on any atom is -0.0984 e. The van der Waals surface area contributed by atoms with Crippen molar-refractivity contribution in [3.05, 3.63) is 77.9 Å². The summed E-state index contributed by atoms with van der Waals surface area (Å²) >= 11 is 0. The van der Waals surface area contributed by atoms with Crippen molar-refractivity contribution in [1.82, 2.24) is 0 Å². The third-order valence-electron chi connectivity index (χ3n) is 4.37. The van der Waals surface area contributed by atoms with E-state index >= 15 is 0 Å². The zero-order valence-electron chi connectivity index (χ0n) is 13.6. The minimum atomic E-state index is 0.509. The lowest BCUT2D eigenvalue weighted by molar-refractivity contribution is 0.869. The van der Waals surface area contributed by atoms with Crippen molar-refractivity contribution in [2.75, 3.05) is 0 Å². The van der Waals surface area contributed by atoms with E-state index in [1.807, 2.05) is 6.08 Å². The number of rotatable bonds is 3. The number of hydrogen-bond acceptors (Lipinski definition) is 0. The molecule has 0 fully saturated rings. The van der Waals surface area contributed by atoms with Crippen molar-refractivity contribution in [3.8, 4) is 11.1 Å². The molecule has 0 saturated heterocycles. The van der Waals surface area contributed by atoms with Gasteiger partial charge in [-0.25, -0.2) is 0 Å².